The van der Waals surface area contributed by atoms with Gasteiger partial charge in [0.1, 0.15) is 5.75 Å². The summed E-state index contributed by atoms with van der Waals surface area (Å²) in [6.07, 6.45) is 3.55. The van der Waals surface area contributed by atoms with E-state index in [1.54, 1.807) is 0 Å². The molecule has 0 aromatic heterocycles. The molecular formula is C18H25NO. The number of unbranched alkanes of at least 4 members (excludes halogenated alkanes) is 2. The molecule has 0 atom stereocenters. The monoisotopic (exact) mass is 271 g/mol. The second kappa shape index (κ2) is 7.91. The van der Waals surface area contributed by atoms with E-state index < -0.39 is 0 Å². The maximum Gasteiger partial charge on any atom is 0.119 e. The third-order valence-electron chi connectivity index (χ3n) is 3.36. The molecule has 2 aromatic carbocycles. The first-order chi connectivity index (χ1) is 9.75. The average Bonchev–Trinajstić information content (AvgIpc) is 2.46. The van der Waals surface area contributed by atoms with Crippen LogP contribution in [0.5, 0.6) is 5.75 Å². The van der Waals surface area contributed by atoms with Gasteiger partial charge < -0.3 is 10.1 Å². The number of fused-ring (bicyclic) bond motifs is 1. The van der Waals surface area contributed by atoms with Gasteiger partial charge in [-0.25, -0.2) is 0 Å². The maximum absolute atomic E-state index is 5.82. The van der Waals surface area contributed by atoms with Crippen molar-refractivity contribution in [3.05, 3.63) is 42.5 Å². The van der Waals surface area contributed by atoms with Crippen molar-refractivity contribution in [3.8, 4) is 5.75 Å². The summed E-state index contributed by atoms with van der Waals surface area (Å²) in [6.45, 7) is 6.28. The first-order valence-corrected chi connectivity index (χ1v) is 7.61. The minimum atomic E-state index is 0.587. The van der Waals surface area contributed by atoms with E-state index in [-0.39, 0.29) is 0 Å². The van der Waals surface area contributed by atoms with Gasteiger partial charge in [0.05, 0.1) is 6.61 Å². The number of rotatable bonds is 8. The Hall–Kier alpha value is -1.54. The zero-order valence-corrected chi connectivity index (χ0v) is 12.6. The highest BCUT2D eigenvalue weighted by Crippen LogP contribution is 2.20. The Kier molecular flexibility index (Phi) is 5.87. The Balaban J connectivity index is 1.68. The van der Waals surface area contributed by atoms with Crippen LogP contribution in [0.15, 0.2) is 42.5 Å². The zero-order valence-electron chi connectivity index (χ0n) is 12.6. The van der Waals surface area contributed by atoms with E-state index in [9.17, 15) is 0 Å². The van der Waals surface area contributed by atoms with Crippen LogP contribution in [0.2, 0.25) is 0 Å². The first-order valence-electron chi connectivity index (χ1n) is 7.61. The topological polar surface area (TPSA) is 21.3 Å². The molecule has 0 bridgehead atoms. The van der Waals surface area contributed by atoms with Crippen molar-refractivity contribution in [2.24, 2.45) is 0 Å². The summed E-state index contributed by atoms with van der Waals surface area (Å²) >= 11 is 0. The predicted octanol–water partition coefficient (Wildman–Crippen LogP) is 4.39. The molecule has 20 heavy (non-hydrogen) atoms. The molecule has 0 saturated carbocycles. The van der Waals surface area contributed by atoms with Gasteiger partial charge in [0.15, 0.2) is 0 Å². The molecule has 0 amide bonds. The van der Waals surface area contributed by atoms with E-state index in [0.717, 1.165) is 25.3 Å². The molecule has 2 aromatic rings. The molecule has 0 aliphatic carbocycles. The highest BCUT2D eigenvalue weighted by atomic mass is 16.5. The van der Waals surface area contributed by atoms with E-state index in [1.807, 2.05) is 0 Å². The van der Waals surface area contributed by atoms with Crippen LogP contribution in [0.4, 0.5) is 0 Å². The minimum Gasteiger partial charge on any atom is -0.494 e. The number of hydrogen-bond acceptors (Lipinski definition) is 2. The molecular weight excluding hydrogens is 246 g/mol. The van der Waals surface area contributed by atoms with Gasteiger partial charge in [0.25, 0.3) is 0 Å². The van der Waals surface area contributed by atoms with E-state index in [2.05, 4.69) is 61.6 Å². The van der Waals surface area contributed by atoms with Gasteiger partial charge in [-0.3, -0.25) is 0 Å². The van der Waals surface area contributed by atoms with Crippen molar-refractivity contribution in [3.63, 3.8) is 0 Å². The molecule has 108 valence electrons. The van der Waals surface area contributed by atoms with Crippen molar-refractivity contribution in [1.29, 1.82) is 0 Å². The highest BCUT2D eigenvalue weighted by Gasteiger charge is 1.97. The number of ether oxygens (including phenoxy) is 1. The Morgan fingerprint density at radius 2 is 1.75 bits per heavy atom. The van der Waals surface area contributed by atoms with Crippen molar-refractivity contribution in [2.75, 3.05) is 13.2 Å². The maximum atomic E-state index is 5.82. The second-order valence-corrected chi connectivity index (χ2v) is 5.53. The fourth-order valence-corrected chi connectivity index (χ4v) is 2.24. The van der Waals surface area contributed by atoms with Gasteiger partial charge in [0.2, 0.25) is 0 Å². The van der Waals surface area contributed by atoms with E-state index >= 15 is 0 Å². The second-order valence-electron chi connectivity index (χ2n) is 5.53. The molecule has 0 unspecified atom stereocenters. The van der Waals surface area contributed by atoms with Gasteiger partial charge in [-0.2, -0.15) is 0 Å². The molecule has 0 saturated heterocycles. The summed E-state index contributed by atoms with van der Waals surface area (Å²) in [5.41, 5.74) is 0. The van der Waals surface area contributed by atoms with Gasteiger partial charge in [-0.05, 0) is 48.7 Å². The number of hydrogen-bond donors (Lipinski definition) is 1. The lowest BCUT2D eigenvalue weighted by Gasteiger charge is -2.09. The minimum absolute atomic E-state index is 0.587. The van der Waals surface area contributed by atoms with Crippen molar-refractivity contribution in [1.82, 2.24) is 5.32 Å². The smallest absolute Gasteiger partial charge is 0.119 e. The third kappa shape index (κ3) is 4.86. The molecule has 0 spiro atoms. The van der Waals surface area contributed by atoms with Crippen LogP contribution in [0, 0.1) is 0 Å². The zero-order chi connectivity index (χ0) is 14.2. The Bertz CT molecular complexity index is 522. The Morgan fingerprint density at radius 3 is 2.55 bits per heavy atom. The molecule has 2 heteroatoms. The summed E-state index contributed by atoms with van der Waals surface area (Å²) in [6, 6.07) is 15.3. The molecule has 0 heterocycles. The van der Waals surface area contributed by atoms with Crippen LogP contribution in [-0.2, 0) is 0 Å². The summed E-state index contributed by atoms with van der Waals surface area (Å²) < 4.78 is 5.82. The van der Waals surface area contributed by atoms with Crippen molar-refractivity contribution in [2.45, 2.75) is 39.2 Å². The van der Waals surface area contributed by atoms with Crippen LogP contribution in [-0.4, -0.2) is 19.2 Å². The summed E-state index contributed by atoms with van der Waals surface area (Å²) in [5.74, 6) is 0.976. The van der Waals surface area contributed by atoms with E-state index in [0.29, 0.717) is 6.04 Å². The molecule has 0 radical (unpaired) electrons. The third-order valence-corrected chi connectivity index (χ3v) is 3.36. The van der Waals surface area contributed by atoms with E-state index in [4.69, 9.17) is 4.74 Å². The van der Waals surface area contributed by atoms with Crippen molar-refractivity contribution >= 4 is 10.8 Å². The van der Waals surface area contributed by atoms with Gasteiger partial charge >= 0.3 is 0 Å². The summed E-state index contributed by atoms with van der Waals surface area (Å²) in [5, 5.41) is 5.94. The normalized spacial score (nSPS) is 11.2. The van der Waals surface area contributed by atoms with Crippen LogP contribution in [0.1, 0.15) is 33.1 Å². The lowest BCUT2D eigenvalue weighted by molar-refractivity contribution is 0.305. The van der Waals surface area contributed by atoms with Crippen LogP contribution < -0.4 is 10.1 Å². The molecule has 2 nitrogen and oxygen atoms in total. The summed E-state index contributed by atoms with van der Waals surface area (Å²) in [4.78, 5) is 0. The van der Waals surface area contributed by atoms with E-state index in [1.165, 1.54) is 23.6 Å². The molecule has 1 N–H and O–H groups in total. The molecule has 0 aliphatic heterocycles. The molecule has 0 aliphatic rings. The predicted molar refractivity (Wildman–Crippen MR) is 86.4 cm³/mol. The Morgan fingerprint density at radius 1 is 0.950 bits per heavy atom. The average molecular weight is 271 g/mol. The lowest BCUT2D eigenvalue weighted by atomic mass is 10.1. The van der Waals surface area contributed by atoms with Crippen LogP contribution in [0.25, 0.3) is 10.8 Å². The fraction of sp³-hybridized carbons (Fsp3) is 0.444. The largest absolute Gasteiger partial charge is 0.494 e. The standard InChI is InChI=1S/C18H25NO/c1-15(2)19-12-6-3-7-13-20-18-11-10-16-8-4-5-9-17(16)14-18/h4-5,8-11,14-15,19H,3,6-7,12-13H2,1-2H3. The highest BCUT2D eigenvalue weighted by molar-refractivity contribution is 5.83. The quantitative estimate of drug-likeness (QED) is 0.719. The van der Waals surface area contributed by atoms with Gasteiger partial charge in [0, 0.05) is 6.04 Å². The van der Waals surface area contributed by atoms with Crippen molar-refractivity contribution < 1.29 is 4.74 Å². The Labute approximate surface area is 122 Å². The number of benzene rings is 2. The molecule has 0 fully saturated rings. The van der Waals surface area contributed by atoms with Gasteiger partial charge in [-0.15, -0.1) is 0 Å². The first kappa shape index (κ1) is 14.9. The van der Waals surface area contributed by atoms with Crippen LogP contribution in [0.3, 0.4) is 0 Å². The fourth-order valence-electron chi connectivity index (χ4n) is 2.24. The van der Waals surface area contributed by atoms with Gasteiger partial charge in [-0.1, -0.05) is 44.2 Å². The van der Waals surface area contributed by atoms with Crippen LogP contribution >= 0.6 is 0 Å². The summed E-state index contributed by atoms with van der Waals surface area (Å²) in [7, 11) is 0. The SMILES string of the molecule is CC(C)NCCCCCOc1ccc2ccccc2c1. The number of nitrogens with one attached hydrogen (secondary N) is 1. The lowest BCUT2D eigenvalue weighted by Crippen LogP contribution is -2.23. The molecule has 2 rings (SSSR count).